The maximum Gasteiger partial charge on any atom is 0.220 e. The number of nitrogens with one attached hydrogen (secondary N) is 1. The Morgan fingerprint density at radius 3 is 0.724 bits per heavy atom. The Bertz CT molecular complexity index is 1120. The molecule has 0 aromatic heterocycles. The lowest BCUT2D eigenvalue weighted by Gasteiger charge is -2.20. The van der Waals surface area contributed by atoms with Gasteiger partial charge in [0, 0.05) is 6.42 Å². The van der Waals surface area contributed by atoms with Crippen LogP contribution in [0.15, 0.2) is 24.3 Å². The minimum absolute atomic E-state index is 0.0540. The van der Waals surface area contributed by atoms with Crippen LogP contribution in [0.5, 0.6) is 0 Å². The van der Waals surface area contributed by atoms with Crippen molar-refractivity contribution in [3.63, 3.8) is 0 Å². The van der Waals surface area contributed by atoms with Gasteiger partial charge in [-0.25, -0.2) is 0 Å². The average molecular weight is 1070 g/mol. The molecule has 0 saturated heterocycles. The van der Waals surface area contributed by atoms with Gasteiger partial charge in [0.05, 0.1) is 18.8 Å². The zero-order valence-electron chi connectivity index (χ0n) is 52.3. The Morgan fingerprint density at radius 2 is 0.500 bits per heavy atom. The summed E-state index contributed by atoms with van der Waals surface area (Å²) in [7, 11) is 0. The van der Waals surface area contributed by atoms with E-state index in [4.69, 9.17) is 0 Å². The quantitative estimate of drug-likeness (QED) is 0.0420. The normalized spacial score (nSPS) is 12.7. The fourth-order valence-electron chi connectivity index (χ4n) is 11.5. The summed E-state index contributed by atoms with van der Waals surface area (Å²) >= 11 is 0. The summed E-state index contributed by atoms with van der Waals surface area (Å²) < 4.78 is 0. The van der Waals surface area contributed by atoms with Gasteiger partial charge in [-0.2, -0.15) is 0 Å². The molecule has 4 heteroatoms. The molecule has 0 aliphatic heterocycles. The Labute approximate surface area is 479 Å². The smallest absolute Gasteiger partial charge is 0.220 e. The van der Waals surface area contributed by atoms with E-state index in [-0.39, 0.29) is 12.5 Å². The Balaban J connectivity index is 3.37. The van der Waals surface area contributed by atoms with Gasteiger partial charge < -0.3 is 15.5 Å². The van der Waals surface area contributed by atoms with E-state index in [1.807, 2.05) is 6.08 Å². The zero-order chi connectivity index (χ0) is 54.8. The molecule has 0 radical (unpaired) electrons. The van der Waals surface area contributed by atoms with Crippen molar-refractivity contribution in [3.05, 3.63) is 24.3 Å². The lowest BCUT2D eigenvalue weighted by atomic mass is 10.0. The van der Waals surface area contributed by atoms with Gasteiger partial charge in [-0.05, 0) is 44.9 Å². The molecule has 3 N–H and O–H groups in total. The van der Waals surface area contributed by atoms with Crippen molar-refractivity contribution in [1.29, 1.82) is 0 Å². The zero-order valence-corrected chi connectivity index (χ0v) is 52.3. The van der Waals surface area contributed by atoms with Gasteiger partial charge in [0.2, 0.25) is 5.91 Å². The molecule has 1 amide bonds. The van der Waals surface area contributed by atoms with Gasteiger partial charge in [-0.3, -0.25) is 4.79 Å². The number of carbonyl (C=O) groups excluding carboxylic acids is 1. The highest BCUT2D eigenvalue weighted by Gasteiger charge is 2.18. The first-order chi connectivity index (χ1) is 37.7. The molecule has 76 heavy (non-hydrogen) atoms. The van der Waals surface area contributed by atoms with Crippen molar-refractivity contribution in [2.45, 2.75) is 424 Å². The monoisotopic (exact) mass is 1070 g/mol. The summed E-state index contributed by atoms with van der Waals surface area (Å²) in [4.78, 5) is 12.5. The molecule has 2 atom stereocenters. The van der Waals surface area contributed by atoms with Crippen LogP contribution in [-0.2, 0) is 4.79 Å². The summed E-state index contributed by atoms with van der Waals surface area (Å²) in [5, 5.41) is 23.3. The second-order valence-electron chi connectivity index (χ2n) is 24.7. The number of aliphatic hydroxyl groups excluding tert-OH is 2. The summed E-state index contributed by atoms with van der Waals surface area (Å²) in [5.41, 5.74) is 0. The van der Waals surface area contributed by atoms with E-state index in [9.17, 15) is 15.0 Å². The molecule has 0 aliphatic rings. The van der Waals surface area contributed by atoms with Gasteiger partial charge in [-0.15, -0.1) is 0 Å². The van der Waals surface area contributed by atoms with Crippen molar-refractivity contribution in [2.24, 2.45) is 0 Å². The molecule has 0 saturated carbocycles. The Kier molecular flexibility index (Phi) is 67.1. The number of allylic oxidation sites excluding steroid dienone is 3. The first-order valence-electron chi connectivity index (χ1n) is 35.6. The SMILES string of the molecule is CCCCCCCCCC/C=C\CCCCCCCCCCCCCCCCCCCCCCCCCCCCCCCC(=O)NC(CO)C(O)/C=C/CCCCCCCCCCCCCCCCCCCCCCC. The maximum absolute atomic E-state index is 12.5. The molecule has 2 unspecified atom stereocenters. The van der Waals surface area contributed by atoms with Crippen molar-refractivity contribution in [3.8, 4) is 0 Å². The average Bonchev–Trinajstić information content (AvgIpc) is 3.42. The molecule has 4 nitrogen and oxygen atoms in total. The summed E-state index contributed by atoms with van der Waals surface area (Å²) in [6.45, 7) is 4.36. The van der Waals surface area contributed by atoms with Crippen LogP contribution in [0, 0.1) is 0 Å². The highest BCUT2D eigenvalue weighted by atomic mass is 16.3. The third-order valence-corrected chi connectivity index (χ3v) is 16.9. The van der Waals surface area contributed by atoms with E-state index in [0.717, 1.165) is 25.7 Å². The molecule has 0 heterocycles. The topological polar surface area (TPSA) is 69.6 Å². The van der Waals surface area contributed by atoms with E-state index in [1.54, 1.807) is 6.08 Å². The predicted octanol–water partition coefficient (Wildman–Crippen LogP) is 24.2. The number of amides is 1. The standard InChI is InChI=1S/C72H141NO3/c1-3-5-7-9-11-13-15-17-19-21-23-25-27-28-29-30-31-32-33-34-35-36-37-38-39-40-41-42-43-44-46-48-50-52-54-56-58-60-62-64-66-68-72(76)73-70(69-74)71(75)67-65-63-61-59-57-55-53-51-49-47-45-26-24-22-20-18-16-14-12-10-8-6-4-2/h21,23,65,67,70-71,74-75H,3-20,22,24-64,66,68-69H2,1-2H3,(H,73,76)/b23-21-,67-65+. The number of aliphatic hydroxyl groups is 2. The van der Waals surface area contributed by atoms with E-state index in [2.05, 4.69) is 31.3 Å². The summed E-state index contributed by atoms with van der Waals surface area (Å²) in [5.74, 6) is -0.0540. The Morgan fingerprint density at radius 1 is 0.303 bits per heavy atom. The van der Waals surface area contributed by atoms with Crippen LogP contribution in [0.4, 0.5) is 0 Å². The molecule has 452 valence electrons. The van der Waals surface area contributed by atoms with Crippen LogP contribution in [0.2, 0.25) is 0 Å². The first kappa shape index (κ1) is 74.9. The number of hydrogen-bond donors (Lipinski definition) is 3. The van der Waals surface area contributed by atoms with Crippen LogP contribution in [0.1, 0.15) is 412 Å². The Hall–Kier alpha value is -1.13. The molecule has 0 bridgehead atoms. The van der Waals surface area contributed by atoms with Gasteiger partial charge >= 0.3 is 0 Å². The summed E-state index contributed by atoms with van der Waals surface area (Å²) in [6, 6.07) is -0.620. The van der Waals surface area contributed by atoms with Crippen LogP contribution >= 0.6 is 0 Å². The van der Waals surface area contributed by atoms with E-state index in [1.165, 1.54) is 366 Å². The largest absolute Gasteiger partial charge is 0.394 e. The predicted molar refractivity (Wildman–Crippen MR) is 341 cm³/mol. The molecular formula is C72H141NO3. The maximum atomic E-state index is 12.5. The number of unbranched alkanes of at least 4 members (excludes halogenated alkanes) is 58. The van der Waals surface area contributed by atoms with Gasteiger partial charge in [0.1, 0.15) is 0 Å². The first-order valence-corrected chi connectivity index (χ1v) is 35.6. The molecule has 0 aromatic carbocycles. The van der Waals surface area contributed by atoms with Gasteiger partial charge in [0.25, 0.3) is 0 Å². The lowest BCUT2D eigenvalue weighted by molar-refractivity contribution is -0.123. The minimum Gasteiger partial charge on any atom is -0.394 e. The van der Waals surface area contributed by atoms with Crippen molar-refractivity contribution in [1.82, 2.24) is 5.32 Å². The lowest BCUT2D eigenvalue weighted by Crippen LogP contribution is -2.45. The van der Waals surface area contributed by atoms with E-state index >= 15 is 0 Å². The third kappa shape index (κ3) is 63.7. The number of hydrogen-bond acceptors (Lipinski definition) is 3. The third-order valence-electron chi connectivity index (χ3n) is 16.9. The number of rotatable bonds is 67. The summed E-state index contributed by atoms with van der Waals surface area (Å²) in [6.07, 6.45) is 92.8. The van der Waals surface area contributed by atoms with Crippen molar-refractivity contribution < 1.29 is 15.0 Å². The van der Waals surface area contributed by atoms with Gasteiger partial charge in [-0.1, -0.05) is 385 Å². The van der Waals surface area contributed by atoms with Crippen molar-refractivity contribution in [2.75, 3.05) is 6.61 Å². The molecule has 0 spiro atoms. The van der Waals surface area contributed by atoms with Crippen LogP contribution in [-0.4, -0.2) is 34.9 Å². The molecule has 0 aromatic rings. The number of carbonyl (C=O) groups is 1. The van der Waals surface area contributed by atoms with Crippen LogP contribution in [0.3, 0.4) is 0 Å². The molecule has 0 rings (SSSR count). The fourth-order valence-corrected chi connectivity index (χ4v) is 11.5. The highest BCUT2D eigenvalue weighted by Crippen LogP contribution is 2.19. The van der Waals surface area contributed by atoms with Crippen LogP contribution < -0.4 is 5.32 Å². The van der Waals surface area contributed by atoms with Gasteiger partial charge in [0.15, 0.2) is 0 Å². The van der Waals surface area contributed by atoms with Crippen molar-refractivity contribution >= 4 is 5.91 Å². The molecule has 0 aliphatic carbocycles. The fraction of sp³-hybridized carbons (Fsp3) is 0.931. The second kappa shape index (κ2) is 68.1. The molecular weight excluding hydrogens is 927 g/mol. The van der Waals surface area contributed by atoms with Crippen LogP contribution in [0.25, 0.3) is 0 Å². The van der Waals surface area contributed by atoms with E-state index < -0.39 is 12.1 Å². The molecule has 0 fully saturated rings. The van der Waals surface area contributed by atoms with E-state index in [0.29, 0.717) is 6.42 Å². The highest BCUT2D eigenvalue weighted by molar-refractivity contribution is 5.76. The second-order valence-corrected chi connectivity index (χ2v) is 24.7. The minimum atomic E-state index is -0.837.